The Balaban J connectivity index is 1.55. The van der Waals surface area contributed by atoms with Crippen LogP contribution < -0.4 is 0 Å². The molecule has 0 N–H and O–H groups in total. The van der Waals surface area contributed by atoms with E-state index in [1.165, 1.54) is 6.07 Å². The van der Waals surface area contributed by atoms with Crippen molar-refractivity contribution in [3.05, 3.63) is 46.9 Å². The van der Waals surface area contributed by atoms with E-state index in [0.717, 1.165) is 25.1 Å². The van der Waals surface area contributed by atoms with Crippen LogP contribution in [0.2, 0.25) is 0 Å². The highest BCUT2D eigenvalue weighted by Gasteiger charge is 2.26. The Morgan fingerprint density at radius 3 is 3.00 bits per heavy atom. The van der Waals surface area contributed by atoms with E-state index in [-0.39, 0.29) is 5.56 Å². The molecule has 2 aromatic rings. The lowest BCUT2D eigenvalue weighted by atomic mass is 10.1. The SMILES string of the molecule is Cc1nc(CN(C)C2CCN(Cc3ccc(C#N)c(F)c3)C2)no1. The Labute approximate surface area is 140 Å². The molecule has 0 aliphatic carbocycles. The zero-order chi connectivity index (χ0) is 17.1. The number of hydrogen-bond donors (Lipinski definition) is 0. The van der Waals surface area contributed by atoms with Crippen LogP contribution in [-0.2, 0) is 13.1 Å². The van der Waals surface area contributed by atoms with Crippen molar-refractivity contribution in [1.29, 1.82) is 5.26 Å². The molecular formula is C17H20FN5O. The molecule has 7 heteroatoms. The summed E-state index contributed by atoms with van der Waals surface area (Å²) in [4.78, 5) is 8.75. The number of rotatable bonds is 5. The van der Waals surface area contributed by atoms with Gasteiger partial charge in [0.05, 0.1) is 12.1 Å². The number of likely N-dealkylation sites (N-methyl/N-ethyl adjacent to an activating group) is 1. The fraction of sp³-hybridized carbons (Fsp3) is 0.471. The largest absolute Gasteiger partial charge is 0.340 e. The van der Waals surface area contributed by atoms with E-state index in [1.807, 2.05) is 12.1 Å². The number of nitriles is 1. The Morgan fingerprint density at radius 1 is 1.50 bits per heavy atom. The number of benzene rings is 1. The second-order valence-electron chi connectivity index (χ2n) is 6.25. The predicted molar refractivity (Wildman–Crippen MR) is 85.3 cm³/mol. The Kier molecular flexibility index (Phi) is 4.88. The molecule has 1 aliphatic heterocycles. The molecular weight excluding hydrogens is 309 g/mol. The van der Waals surface area contributed by atoms with E-state index in [0.29, 0.717) is 30.8 Å². The summed E-state index contributed by atoms with van der Waals surface area (Å²) in [6, 6.07) is 7.08. The van der Waals surface area contributed by atoms with E-state index in [4.69, 9.17) is 9.78 Å². The maximum absolute atomic E-state index is 13.7. The minimum atomic E-state index is -0.449. The number of aryl methyl sites for hydroxylation is 1. The van der Waals surface area contributed by atoms with Crippen molar-refractivity contribution >= 4 is 0 Å². The van der Waals surface area contributed by atoms with Crippen molar-refractivity contribution in [1.82, 2.24) is 19.9 Å². The molecule has 0 bridgehead atoms. The lowest BCUT2D eigenvalue weighted by Crippen LogP contribution is -2.34. The third-order valence-electron chi connectivity index (χ3n) is 4.39. The molecule has 0 amide bonds. The molecule has 0 spiro atoms. The van der Waals surface area contributed by atoms with Gasteiger partial charge in [-0.2, -0.15) is 10.2 Å². The van der Waals surface area contributed by atoms with Crippen LogP contribution >= 0.6 is 0 Å². The number of nitrogens with zero attached hydrogens (tertiary/aromatic N) is 5. The average Bonchev–Trinajstić information content (AvgIpc) is 3.17. The summed E-state index contributed by atoms with van der Waals surface area (Å²) < 4.78 is 18.7. The molecule has 126 valence electrons. The van der Waals surface area contributed by atoms with Gasteiger partial charge in [-0.3, -0.25) is 9.80 Å². The lowest BCUT2D eigenvalue weighted by molar-refractivity contribution is 0.216. The van der Waals surface area contributed by atoms with Crippen LogP contribution in [0.5, 0.6) is 0 Å². The van der Waals surface area contributed by atoms with Crippen molar-refractivity contribution in [2.75, 3.05) is 20.1 Å². The molecule has 3 rings (SSSR count). The highest BCUT2D eigenvalue weighted by Crippen LogP contribution is 2.19. The fourth-order valence-corrected chi connectivity index (χ4v) is 3.08. The second-order valence-corrected chi connectivity index (χ2v) is 6.25. The number of likely N-dealkylation sites (tertiary alicyclic amines) is 1. The van der Waals surface area contributed by atoms with Crippen LogP contribution in [0.3, 0.4) is 0 Å². The van der Waals surface area contributed by atoms with Crippen molar-refractivity contribution in [2.24, 2.45) is 0 Å². The Morgan fingerprint density at radius 2 is 2.33 bits per heavy atom. The maximum atomic E-state index is 13.7. The topological polar surface area (TPSA) is 69.2 Å². The van der Waals surface area contributed by atoms with Gasteiger partial charge >= 0.3 is 0 Å². The molecule has 1 fully saturated rings. The van der Waals surface area contributed by atoms with E-state index in [2.05, 4.69) is 27.0 Å². The average molecular weight is 329 g/mol. The summed E-state index contributed by atoms with van der Waals surface area (Å²) >= 11 is 0. The van der Waals surface area contributed by atoms with Crippen LogP contribution in [0.25, 0.3) is 0 Å². The molecule has 1 unspecified atom stereocenters. The van der Waals surface area contributed by atoms with Gasteiger partial charge in [0.1, 0.15) is 11.9 Å². The number of aromatic nitrogens is 2. The highest BCUT2D eigenvalue weighted by atomic mass is 19.1. The van der Waals surface area contributed by atoms with Gasteiger partial charge in [-0.1, -0.05) is 11.2 Å². The van der Waals surface area contributed by atoms with Gasteiger partial charge in [-0.15, -0.1) is 0 Å². The quantitative estimate of drug-likeness (QED) is 0.837. The minimum absolute atomic E-state index is 0.0909. The third-order valence-corrected chi connectivity index (χ3v) is 4.39. The van der Waals surface area contributed by atoms with Crippen molar-refractivity contribution in [3.63, 3.8) is 0 Å². The molecule has 0 radical (unpaired) electrons. The van der Waals surface area contributed by atoms with E-state index >= 15 is 0 Å². The zero-order valence-corrected chi connectivity index (χ0v) is 13.9. The fourth-order valence-electron chi connectivity index (χ4n) is 3.08. The molecule has 6 nitrogen and oxygen atoms in total. The van der Waals surface area contributed by atoms with Crippen LogP contribution in [0.15, 0.2) is 22.7 Å². The summed E-state index contributed by atoms with van der Waals surface area (Å²) in [6.45, 7) is 5.00. The summed E-state index contributed by atoms with van der Waals surface area (Å²) in [5.41, 5.74) is 0.983. The maximum Gasteiger partial charge on any atom is 0.223 e. The Bertz CT molecular complexity index is 754. The summed E-state index contributed by atoms with van der Waals surface area (Å²) in [5.74, 6) is 0.826. The summed E-state index contributed by atoms with van der Waals surface area (Å²) in [6.07, 6.45) is 1.05. The molecule has 1 saturated heterocycles. The minimum Gasteiger partial charge on any atom is -0.340 e. The van der Waals surface area contributed by atoms with Crippen LogP contribution in [0.1, 0.15) is 29.3 Å². The molecule has 1 aromatic heterocycles. The summed E-state index contributed by atoms with van der Waals surface area (Å²) in [7, 11) is 2.06. The number of hydrogen-bond acceptors (Lipinski definition) is 6. The van der Waals surface area contributed by atoms with Gasteiger partial charge in [0.2, 0.25) is 5.89 Å². The third kappa shape index (κ3) is 3.78. The zero-order valence-electron chi connectivity index (χ0n) is 13.9. The van der Waals surface area contributed by atoms with Crippen LogP contribution in [0.4, 0.5) is 4.39 Å². The molecule has 1 atom stereocenters. The van der Waals surface area contributed by atoms with Crippen molar-refractivity contribution in [3.8, 4) is 6.07 Å². The van der Waals surface area contributed by atoms with Gasteiger partial charge in [-0.25, -0.2) is 4.39 Å². The van der Waals surface area contributed by atoms with Crippen molar-refractivity contribution in [2.45, 2.75) is 32.5 Å². The molecule has 0 saturated carbocycles. The highest BCUT2D eigenvalue weighted by molar-refractivity contribution is 5.33. The van der Waals surface area contributed by atoms with Gasteiger partial charge < -0.3 is 4.52 Å². The molecule has 1 aliphatic rings. The smallest absolute Gasteiger partial charge is 0.223 e. The van der Waals surface area contributed by atoms with E-state index in [1.54, 1.807) is 13.0 Å². The summed E-state index contributed by atoms with van der Waals surface area (Å²) in [5, 5.41) is 12.7. The molecule has 1 aromatic carbocycles. The lowest BCUT2D eigenvalue weighted by Gasteiger charge is -2.23. The van der Waals surface area contributed by atoms with E-state index < -0.39 is 5.82 Å². The van der Waals surface area contributed by atoms with E-state index in [9.17, 15) is 4.39 Å². The first-order chi connectivity index (χ1) is 11.5. The van der Waals surface area contributed by atoms with Crippen LogP contribution in [0, 0.1) is 24.1 Å². The first-order valence-electron chi connectivity index (χ1n) is 7.95. The monoisotopic (exact) mass is 329 g/mol. The van der Waals surface area contributed by atoms with Crippen molar-refractivity contribution < 1.29 is 8.91 Å². The number of halogens is 1. The first kappa shape index (κ1) is 16.6. The van der Waals surface area contributed by atoms with Crippen LogP contribution in [-0.4, -0.2) is 46.1 Å². The standard InChI is InChI=1S/C17H20FN5O/c1-12-20-17(21-24-12)11-22(2)15-5-6-23(10-15)9-13-3-4-14(8-19)16(18)7-13/h3-4,7,15H,5-6,9-11H2,1-2H3. The normalized spacial score (nSPS) is 18.2. The predicted octanol–water partition coefficient (Wildman–Crippen LogP) is 2.10. The molecule has 24 heavy (non-hydrogen) atoms. The van der Waals surface area contributed by atoms with Gasteiger partial charge in [0, 0.05) is 32.6 Å². The second kappa shape index (κ2) is 7.07. The van der Waals surface area contributed by atoms with Gasteiger partial charge in [-0.05, 0) is 31.2 Å². The van der Waals surface area contributed by atoms with Gasteiger partial charge in [0.15, 0.2) is 5.82 Å². The first-order valence-corrected chi connectivity index (χ1v) is 7.95. The van der Waals surface area contributed by atoms with Gasteiger partial charge in [0.25, 0.3) is 0 Å². The molecule has 2 heterocycles. The Hall–Kier alpha value is -2.30.